The molecule has 0 aliphatic heterocycles. The van der Waals surface area contributed by atoms with Gasteiger partial charge in [-0.25, -0.2) is 15.0 Å². The Balaban J connectivity index is 1.27. The van der Waals surface area contributed by atoms with Crippen LogP contribution in [0.5, 0.6) is 0 Å². The average molecular weight is 639 g/mol. The van der Waals surface area contributed by atoms with Crippen LogP contribution < -0.4 is 0 Å². The van der Waals surface area contributed by atoms with Crippen LogP contribution in [0.25, 0.3) is 92.9 Å². The fourth-order valence-corrected chi connectivity index (χ4v) is 8.45. The Morgan fingerprint density at radius 1 is 0.489 bits per heavy atom. The van der Waals surface area contributed by atoms with Gasteiger partial charge in [-0.15, -0.1) is 11.3 Å². The monoisotopic (exact) mass is 638 g/mol. The number of rotatable bonds is 4. The van der Waals surface area contributed by atoms with Gasteiger partial charge in [0.15, 0.2) is 17.5 Å². The Morgan fingerprint density at radius 3 is 1.79 bits per heavy atom. The molecule has 0 saturated heterocycles. The molecule has 0 atom stereocenters. The summed E-state index contributed by atoms with van der Waals surface area (Å²) in [4.78, 5) is 14.9. The van der Waals surface area contributed by atoms with Crippen LogP contribution in [-0.4, -0.2) is 28.3 Å². The zero-order chi connectivity index (χ0) is 30.9. The van der Waals surface area contributed by atoms with Gasteiger partial charge < -0.3 is 4.57 Å². The molecule has 4 heterocycles. The topological polar surface area (TPSA) is 69.4 Å². The molecule has 0 amide bonds. The molecule has 0 N–H and O–H groups in total. The number of fused-ring (bicyclic) bond motifs is 10. The van der Waals surface area contributed by atoms with Crippen LogP contribution in [0.1, 0.15) is 0 Å². The van der Waals surface area contributed by atoms with E-state index < -0.39 is 0 Å². The van der Waals surface area contributed by atoms with Crippen molar-refractivity contribution in [1.82, 2.24) is 28.3 Å². The van der Waals surface area contributed by atoms with E-state index >= 15 is 0 Å². The number of nitrogens with zero attached hydrogens (tertiary/aromatic N) is 6. The number of benzene rings is 6. The van der Waals surface area contributed by atoms with Crippen LogP contribution in [-0.2, 0) is 0 Å². The van der Waals surface area contributed by atoms with Crippen molar-refractivity contribution >= 4 is 76.1 Å². The first-order valence-corrected chi connectivity index (χ1v) is 16.8. The maximum absolute atomic E-state index is 5.01. The van der Waals surface area contributed by atoms with Gasteiger partial charge in [-0.1, -0.05) is 109 Å². The summed E-state index contributed by atoms with van der Waals surface area (Å²) in [5.41, 5.74) is 8.00. The lowest BCUT2D eigenvalue weighted by Crippen LogP contribution is -2.01. The van der Waals surface area contributed by atoms with Crippen molar-refractivity contribution in [2.24, 2.45) is 0 Å². The highest BCUT2D eigenvalue weighted by Gasteiger charge is 2.24. The molecule has 4 aromatic heterocycles. The Hall–Kier alpha value is -5.83. The smallest absolute Gasteiger partial charge is 0.164 e. The number of para-hydroxylation sites is 1. The summed E-state index contributed by atoms with van der Waals surface area (Å²) >= 11 is 3.10. The first kappa shape index (κ1) is 26.4. The van der Waals surface area contributed by atoms with Crippen molar-refractivity contribution in [3.63, 3.8) is 0 Å². The second kappa shape index (κ2) is 10.3. The molecule has 220 valence electrons. The molecule has 0 bridgehead atoms. The highest BCUT2D eigenvalue weighted by atomic mass is 32.1. The van der Waals surface area contributed by atoms with Crippen molar-refractivity contribution in [3.8, 4) is 39.9 Å². The van der Waals surface area contributed by atoms with Gasteiger partial charge in [-0.2, -0.15) is 8.75 Å². The van der Waals surface area contributed by atoms with Gasteiger partial charge in [0.1, 0.15) is 11.0 Å². The lowest BCUT2D eigenvalue weighted by atomic mass is 10.1. The summed E-state index contributed by atoms with van der Waals surface area (Å²) in [5, 5.41) is 4.67. The molecule has 6 aromatic carbocycles. The third kappa shape index (κ3) is 4.05. The molecule has 6 nitrogen and oxygen atoms in total. The number of aromatic nitrogens is 6. The summed E-state index contributed by atoms with van der Waals surface area (Å²) in [6.07, 6.45) is 0. The molecule has 47 heavy (non-hydrogen) atoms. The van der Waals surface area contributed by atoms with Crippen LogP contribution in [0.4, 0.5) is 0 Å². The second-order valence-electron chi connectivity index (χ2n) is 11.4. The fourth-order valence-electron chi connectivity index (χ4n) is 6.65. The van der Waals surface area contributed by atoms with Crippen LogP contribution in [0, 0.1) is 0 Å². The largest absolute Gasteiger partial charge is 0.308 e. The molecule has 0 saturated carbocycles. The lowest BCUT2D eigenvalue weighted by Gasteiger charge is -2.12. The van der Waals surface area contributed by atoms with Crippen molar-refractivity contribution < 1.29 is 0 Å². The van der Waals surface area contributed by atoms with Gasteiger partial charge in [-0.3, -0.25) is 0 Å². The normalized spacial score (nSPS) is 11.8. The van der Waals surface area contributed by atoms with Crippen molar-refractivity contribution in [1.29, 1.82) is 0 Å². The van der Waals surface area contributed by atoms with Crippen LogP contribution in [0.15, 0.2) is 133 Å². The Morgan fingerprint density at radius 2 is 1.06 bits per heavy atom. The number of hydrogen-bond donors (Lipinski definition) is 0. The number of hydrogen-bond acceptors (Lipinski definition) is 7. The first-order chi connectivity index (χ1) is 23.3. The second-order valence-corrected chi connectivity index (χ2v) is 13.0. The third-order valence-corrected chi connectivity index (χ3v) is 10.4. The molecule has 0 aliphatic rings. The summed E-state index contributed by atoms with van der Waals surface area (Å²) in [6, 6.07) is 45.9. The Bertz CT molecular complexity index is 2740. The minimum Gasteiger partial charge on any atom is -0.308 e. The van der Waals surface area contributed by atoms with E-state index in [4.69, 9.17) is 23.7 Å². The van der Waals surface area contributed by atoms with Gasteiger partial charge in [0, 0.05) is 48.6 Å². The van der Waals surface area contributed by atoms with Gasteiger partial charge in [-0.05, 0) is 24.3 Å². The summed E-state index contributed by atoms with van der Waals surface area (Å²) in [7, 11) is 0. The van der Waals surface area contributed by atoms with Crippen molar-refractivity contribution in [3.05, 3.63) is 133 Å². The molecule has 0 unspecified atom stereocenters. The van der Waals surface area contributed by atoms with E-state index in [1.54, 1.807) is 0 Å². The van der Waals surface area contributed by atoms with E-state index in [2.05, 4.69) is 77.4 Å². The van der Waals surface area contributed by atoms with E-state index in [1.807, 2.05) is 72.0 Å². The molecule has 10 rings (SSSR count). The van der Waals surface area contributed by atoms with Gasteiger partial charge >= 0.3 is 0 Å². The first-order valence-electron chi connectivity index (χ1n) is 15.3. The Kier molecular flexibility index (Phi) is 5.81. The van der Waals surface area contributed by atoms with E-state index in [0.29, 0.717) is 17.5 Å². The molecular weight excluding hydrogens is 617 g/mol. The number of thiophene rings is 1. The molecule has 0 aliphatic carbocycles. The quantitative estimate of drug-likeness (QED) is 0.192. The average Bonchev–Trinajstić information content (AvgIpc) is 3.86. The highest BCUT2D eigenvalue weighted by molar-refractivity contribution is 7.27. The molecule has 0 radical (unpaired) electrons. The molecule has 10 aromatic rings. The van der Waals surface area contributed by atoms with Crippen molar-refractivity contribution in [2.75, 3.05) is 0 Å². The minimum absolute atomic E-state index is 0.624. The minimum atomic E-state index is 0.624. The Labute approximate surface area is 276 Å². The van der Waals surface area contributed by atoms with Gasteiger partial charge in [0.2, 0.25) is 0 Å². The molecule has 0 spiro atoms. The zero-order valence-electron chi connectivity index (χ0n) is 24.7. The van der Waals surface area contributed by atoms with Crippen molar-refractivity contribution in [2.45, 2.75) is 0 Å². The van der Waals surface area contributed by atoms with E-state index in [9.17, 15) is 0 Å². The maximum Gasteiger partial charge on any atom is 0.164 e. The predicted molar refractivity (Wildman–Crippen MR) is 194 cm³/mol. The SMILES string of the molecule is c1ccc(-c2nc(-c3ccccc3)nc(-c3cccc(-n4c5ccccc5c5c6nsnc6c6c7ccccc7sc6c54)c3)n2)cc1. The fraction of sp³-hybridized carbons (Fsp3) is 0. The maximum atomic E-state index is 5.01. The lowest BCUT2D eigenvalue weighted by molar-refractivity contribution is 1.07. The predicted octanol–water partition coefficient (Wildman–Crippen LogP) is 10.3. The molecular formula is C39H22N6S2. The summed E-state index contributed by atoms with van der Waals surface area (Å²) < 4.78 is 14.5. The van der Waals surface area contributed by atoms with E-state index in [-0.39, 0.29) is 0 Å². The van der Waals surface area contributed by atoms with Crippen LogP contribution in [0.3, 0.4) is 0 Å². The highest BCUT2D eigenvalue weighted by Crippen LogP contribution is 2.47. The third-order valence-electron chi connectivity index (χ3n) is 8.71. The van der Waals surface area contributed by atoms with Gasteiger partial charge in [0.25, 0.3) is 0 Å². The summed E-state index contributed by atoms with van der Waals surface area (Å²) in [6.45, 7) is 0. The van der Waals surface area contributed by atoms with Crippen LogP contribution >= 0.6 is 23.1 Å². The molecule has 0 fully saturated rings. The van der Waals surface area contributed by atoms with E-state index in [0.717, 1.165) is 55.2 Å². The molecule has 8 heteroatoms. The zero-order valence-corrected chi connectivity index (χ0v) is 26.3. The van der Waals surface area contributed by atoms with E-state index in [1.165, 1.54) is 31.9 Å². The standard InChI is InChI=1S/C39H22N6S2/c1-3-12-23(13-4-1)37-40-38(24-14-5-2-6-15-24)42-39(41-37)25-16-11-17-26(22-25)45-29-20-9-7-18-27(29)31-33-34(44-47-43-33)32-28-19-8-10-21-30(28)46-36(32)35(31)45/h1-22H. The van der Waals surface area contributed by atoms with Crippen LogP contribution in [0.2, 0.25) is 0 Å². The van der Waals surface area contributed by atoms with Gasteiger partial charge in [0.05, 0.1) is 27.5 Å². The summed E-state index contributed by atoms with van der Waals surface area (Å²) in [5.74, 6) is 1.91.